The number of nitrogens with zero attached hydrogens (tertiary/aromatic N) is 2. The number of hydrogen-bond acceptors (Lipinski definition) is 4. The fourth-order valence-corrected chi connectivity index (χ4v) is 2.06. The van der Waals surface area contributed by atoms with E-state index < -0.39 is 0 Å². The number of benzene rings is 1. The van der Waals surface area contributed by atoms with Crippen LogP contribution in [-0.4, -0.2) is 35.8 Å². The Hall–Kier alpha value is -1.46. The summed E-state index contributed by atoms with van der Waals surface area (Å²) in [5.41, 5.74) is 6.97. The summed E-state index contributed by atoms with van der Waals surface area (Å²) >= 11 is 6.09. The van der Waals surface area contributed by atoms with Gasteiger partial charge in [-0.2, -0.15) is 0 Å². The molecule has 4 N–H and O–H groups in total. The van der Waals surface area contributed by atoms with E-state index in [2.05, 4.69) is 5.16 Å². The highest BCUT2D eigenvalue weighted by atomic mass is 35.5. The normalized spacial score (nSPS) is 11.6. The van der Waals surface area contributed by atoms with Crippen LogP contribution < -0.4 is 10.6 Å². The first kappa shape index (κ1) is 14.6. The second kappa shape index (κ2) is 7.08. The van der Waals surface area contributed by atoms with Gasteiger partial charge in [-0.25, -0.2) is 0 Å². The number of anilines is 1. The highest BCUT2D eigenvalue weighted by Crippen LogP contribution is 2.27. The number of aliphatic hydroxyl groups is 1. The van der Waals surface area contributed by atoms with Gasteiger partial charge in [0, 0.05) is 25.4 Å². The van der Waals surface area contributed by atoms with Gasteiger partial charge in [0.1, 0.15) is 0 Å². The SMILES string of the molecule is CCN(CCCO)c1cccc(Cl)c1/C(N)=N/O. The van der Waals surface area contributed by atoms with Crippen LogP contribution in [0.4, 0.5) is 5.69 Å². The highest BCUT2D eigenvalue weighted by molar-refractivity contribution is 6.34. The van der Waals surface area contributed by atoms with Crippen LogP contribution in [0.5, 0.6) is 0 Å². The van der Waals surface area contributed by atoms with Crippen molar-refractivity contribution in [3.63, 3.8) is 0 Å². The summed E-state index contributed by atoms with van der Waals surface area (Å²) in [5.74, 6) is -0.0157. The largest absolute Gasteiger partial charge is 0.409 e. The molecule has 0 saturated heterocycles. The van der Waals surface area contributed by atoms with Crippen LogP contribution in [0.2, 0.25) is 5.02 Å². The Bertz CT molecular complexity index is 424. The van der Waals surface area contributed by atoms with Crippen molar-refractivity contribution in [1.82, 2.24) is 0 Å². The molecule has 1 rings (SSSR count). The van der Waals surface area contributed by atoms with Crippen molar-refractivity contribution in [3.05, 3.63) is 28.8 Å². The molecule has 0 amide bonds. The molecule has 0 aromatic heterocycles. The maximum Gasteiger partial charge on any atom is 0.173 e. The minimum absolute atomic E-state index is 0.0157. The predicted molar refractivity (Wildman–Crippen MR) is 73.6 cm³/mol. The van der Waals surface area contributed by atoms with Gasteiger partial charge in [0.25, 0.3) is 0 Å². The zero-order chi connectivity index (χ0) is 13.5. The maximum atomic E-state index is 8.90. The van der Waals surface area contributed by atoms with Crippen LogP contribution in [0.3, 0.4) is 0 Å². The quantitative estimate of drug-likeness (QED) is 0.318. The van der Waals surface area contributed by atoms with E-state index in [1.54, 1.807) is 6.07 Å². The number of aliphatic hydroxyl groups excluding tert-OH is 1. The molecule has 0 bridgehead atoms. The van der Waals surface area contributed by atoms with Gasteiger partial charge in [0.2, 0.25) is 0 Å². The lowest BCUT2D eigenvalue weighted by atomic mass is 10.1. The monoisotopic (exact) mass is 271 g/mol. The first-order valence-corrected chi connectivity index (χ1v) is 6.15. The van der Waals surface area contributed by atoms with Gasteiger partial charge in [-0.05, 0) is 25.5 Å². The first-order chi connectivity index (χ1) is 8.65. The zero-order valence-corrected chi connectivity index (χ0v) is 11.1. The summed E-state index contributed by atoms with van der Waals surface area (Å²) in [4.78, 5) is 2.02. The predicted octanol–water partition coefficient (Wildman–Crippen LogP) is 1.64. The van der Waals surface area contributed by atoms with Crippen LogP contribution in [0.15, 0.2) is 23.4 Å². The van der Waals surface area contributed by atoms with Crippen LogP contribution >= 0.6 is 11.6 Å². The molecule has 0 heterocycles. The molecule has 1 aromatic rings. The summed E-state index contributed by atoms with van der Waals surface area (Å²) in [7, 11) is 0. The average Bonchev–Trinajstić information content (AvgIpc) is 2.39. The van der Waals surface area contributed by atoms with Crippen LogP contribution in [-0.2, 0) is 0 Å². The van der Waals surface area contributed by atoms with Crippen molar-refractivity contribution in [2.24, 2.45) is 10.9 Å². The molecule has 0 radical (unpaired) electrons. The molecule has 0 spiro atoms. The highest BCUT2D eigenvalue weighted by Gasteiger charge is 2.15. The summed E-state index contributed by atoms with van der Waals surface area (Å²) in [6.45, 7) is 3.54. The third-order valence-corrected chi connectivity index (χ3v) is 2.98. The van der Waals surface area contributed by atoms with E-state index in [0.29, 0.717) is 23.6 Å². The molecule has 1 aromatic carbocycles. The number of oxime groups is 1. The van der Waals surface area contributed by atoms with E-state index >= 15 is 0 Å². The first-order valence-electron chi connectivity index (χ1n) is 5.77. The number of nitrogens with two attached hydrogens (primary N) is 1. The fourth-order valence-electron chi connectivity index (χ4n) is 1.79. The fraction of sp³-hybridized carbons (Fsp3) is 0.417. The molecule has 0 aliphatic heterocycles. The van der Waals surface area contributed by atoms with E-state index in [-0.39, 0.29) is 12.4 Å². The van der Waals surface area contributed by atoms with E-state index in [1.807, 2.05) is 24.0 Å². The second-order valence-corrected chi connectivity index (χ2v) is 4.18. The van der Waals surface area contributed by atoms with Gasteiger partial charge < -0.3 is 20.9 Å². The molecule has 0 unspecified atom stereocenters. The Morgan fingerprint density at radius 3 is 2.78 bits per heavy atom. The van der Waals surface area contributed by atoms with Crippen molar-refractivity contribution < 1.29 is 10.3 Å². The zero-order valence-electron chi connectivity index (χ0n) is 10.3. The van der Waals surface area contributed by atoms with Gasteiger partial charge in [-0.1, -0.05) is 22.8 Å². The number of hydrogen-bond donors (Lipinski definition) is 3. The summed E-state index contributed by atoms with van der Waals surface area (Å²) in [6, 6.07) is 5.37. The summed E-state index contributed by atoms with van der Waals surface area (Å²) < 4.78 is 0. The van der Waals surface area contributed by atoms with Crippen LogP contribution in [0.1, 0.15) is 18.9 Å². The topological polar surface area (TPSA) is 82.1 Å². The minimum Gasteiger partial charge on any atom is -0.409 e. The van der Waals surface area contributed by atoms with Crippen LogP contribution in [0, 0.1) is 0 Å². The number of amidine groups is 1. The smallest absolute Gasteiger partial charge is 0.173 e. The van der Waals surface area contributed by atoms with E-state index in [1.165, 1.54) is 0 Å². The molecule has 0 fully saturated rings. The summed E-state index contributed by atoms with van der Waals surface area (Å²) in [6.07, 6.45) is 0.649. The third-order valence-electron chi connectivity index (χ3n) is 2.66. The second-order valence-electron chi connectivity index (χ2n) is 3.78. The Kier molecular flexibility index (Phi) is 5.74. The van der Waals surface area contributed by atoms with Gasteiger partial charge in [0.05, 0.1) is 10.6 Å². The third kappa shape index (κ3) is 3.27. The lowest BCUT2D eigenvalue weighted by molar-refractivity contribution is 0.289. The van der Waals surface area contributed by atoms with Gasteiger partial charge >= 0.3 is 0 Å². The average molecular weight is 272 g/mol. The molecule has 0 atom stereocenters. The molecular formula is C12H18ClN3O2. The van der Waals surface area contributed by atoms with Gasteiger partial charge in [-0.15, -0.1) is 0 Å². The molecule has 6 heteroatoms. The van der Waals surface area contributed by atoms with E-state index in [4.69, 9.17) is 27.6 Å². The minimum atomic E-state index is -0.0157. The van der Waals surface area contributed by atoms with Crippen LogP contribution in [0.25, 0.3) is 0 Å². The maximum absolute atomic E-state index is 8.90. The Balaban J connectivity index is 3.17. The van der Waals surface area contributed by atoms with E-state index in [9.17, 15) is 0 Å². The van der Waals surface area contributed by atoms with Crippen molar-refractivity contribution in [3.8, 4) is 0 Å². The number of halogens is 1. The Morgan fingerprint density at radius 1 is 1.50 bits per heavy atom. The summed E-state index contributed by atoms with van der Waals surface area (Å²) in [5, 5.41) is 21.2. The Labute approximate surface area is 111 Å². The van der Waals surface area contributed by atoms with Crippen molar-refractivity contribution in [2.45, 2.75) is 13.3 Å². The lowest BCUT2D eigenvalue weighted by Gasteiger charge is -2.25. The molecule has 0 aliphatic rings. The van der Waals surface area contributed by atoms with Crippen molar-refractivity contribution in [1.29, 1.82) is 0 Å². The lowest BCUT2D eigenvalue weighted by Crippen LogP contribution is -2.28. The molecule has 0 aliphatic carbocycles. The number of rotatable bonds is 6. The molecule has 18 heavy (non-hydrogen) atoms. The van der Waals surface area contributed by atoms with Crippen molar-refractivity contribution >= 4 is 23.1 Å². The molecule has 5 nitrogen and oxygen atoms in total. The molecule has 100 valence electrons. The van der Waals surface area contributed by atoms with Gasteiger partial charge in [0.15, 0.2) is 5.84 Å². The van der Waals surface area contributed by atoms with Crippen molar-refractivity contribution in [2.75, 3.05) is 24.6 Å². The molecule has 0 saturated carbocycles. The van der Waals surface area contributed by atoms with Gasteiger partial charge in [-0.3, -0.25) is 0 Å². The molecular weight excluding hydrogens is 254 g/mol. The standard InChI is InChI=1S/C12H18ClN3O2/c1-2-16(7-4-8-17)10-6-3-5-9(13)11(10)12(14)15-18/h3,5-6,17-18H,2,4,7-8H2,1H3,(H2,14,15). The van der Waals surface area contributed by atoms with E-state index in [0.717, 1.165) is 12.2 Å². The Morgan fingerprint density at radius 2 is 2.22 bits per heavy atom.